The molecule has 17 heavy (non-hydrogen) atoms. The molecule has 0 aromatic heterocycles. The van der Waals surface area contributed by atoms with Crippen molar-refractivity contribution in [1.29, 1.82) is 0 Å². The predicted molar refractivity (Wildman–Crippen MR) is 71.7 cm³/mol. The van der Waals surface area contributed by atoms with Gasteiger partial charge in [-0.1, -0.05) is 44.0 Å². The second kappa shape index (κ2) is 5.10. The molecule has 0 unspecified atom stereocenters. The zero-order valence-electron chi connectivity index (χ0n) is 8.58. The van der Waals surface area contributed by atoms with Gasteiger partial charge in [-0.25, -0.2) is 4.39 Å². The third-order valence-corrected chi connectivity index (χ3v) is 3.48. The monoisotopic (exact) mass is 356 g/mol. The number of rotatable bonds is 2. The van der Waals surface area contributed by atoms with Crippen molar-refractivity contribution in [3.8, 4) is 0 Å². The molecule has 0 aliphatic carbocycles. The third kappa shape index (κ3) is 2.64. The summed E-state index contributed by atoms with van der Waals surface area (Å²) < 4.78 is 14.9. The van der Waals surface area contributed by atoms with Gasteiger partial charge in [0.2, 0.25) is 0 Å². The molecule has 86 valence electrons. The summed E-state index contributed by atoms with van der Waals surface area (Å²) in [4.78, 5) is 12.1. The van der Waals surface area contributed by atoms with E-state index in [4.69, 9.17) is 0 Å². The average molecular weight is 358 g/mol. The van der Waals surface area contributed by atoms with Crippen molar-refractivity contribution < 1.29 is 9.18 Å². The molecular weight excluding hydrogens is 351 g/mol. The number of carbonyl (C=O) groups is 1. The van der Waals surface area contributed by atoms with E-state index in [1.54, 1.807) is 30.3 Å². The van der Waals surface area contributed by atoms with Gasteiger partial charge in [-0.15, -0.1) is 0 Å². The van der Waals surface area contributed by atoms with Crippen LogP contribution in [0.2, 0.25) is 0 Å². The lowest BCUT2D eigenvalue weighted by molar-refractivity contribution is 0.103. The Morgan fingerprint density at radius 1 is 1.00 bits per heavy atom. The Morgan fingerprint density at radius 3 is 2.41 bits per heavy atom. The van der Waals surface area contributed by atoms with Crippen LogP contribution in [0.25, 0.3) is 0 Å². The van der Waals surface area contributed by atoms with E-state index in [1.807, 2.05) is 0 Å². The van der Waals surface area contributed by atoms with Gasteiger partial charge in [0, 0.05) is 14.5 Å². The van der Waals surface area contributed by atoms with Gasteiger partial charge >= 0.3 is 0 Å². The van der Waals surface area contributed by atoms with Gasteiger partial charge in [0.1, 0.15) is 5.82 Å². The number of carbonyl (C=O) groups excluding carboxylic acids is 1. The molecule has 2 aromatic carbocycles. The number of hydrogen-bond donors (Lipinski definition) is 0. The lowest BCUT2D eigenvalue weighted by Crippen LogP contribution is -2.05. The normalized spacial score (nSPS) is 10.3. The maximum absolute atomic E-state index is 13.6. The summed E-state index contributed by atoms with van der Waals surface area (Å²) in [7, 11) is 0. The van der Waals surface area contributed by atoms with E-state index >= 15 is 0 Å². The molecule has 0 radical (unpaired) electrons. The first-order valence-corrected chi connectivity index (χ1v) is 6.42. The van der Waals surface area contributed by atoms with Crippen LogP contribution < -0.4 is 0 Å². The highest BCUT2D eigenvalue weighted by Gasteiger charge is 2.16. The van der Waals surface area contributed by atoms with Crippen molar-refractivity contribution in [2.24, 2.45) is 0 Å². The molecule has 0 amide bonds. The van der Waals surface area contributed by atoms with Crippen molar-refractivity contribution in [1.82, 2.24) is 0 Å². The lowest BCUT2D eigenvalue weighted by Gasteiger charge is -2.05. The number of hydrogen-bond acceptors (Lipinski definition) is 1. The Morgan fingerprint density at radius 2 is 1.71 bits per heavy atom. The molecule has 0 atom stereocenters. The SMILES string of the molecule is O=C(c1cc(Br)ccc1F)c1ccccc1Br. The Balaban J connectivity index is 2.51. The quantitative estimate of drug-likeness (QED) is 0.719. The highest BCUT2D eigenvalue weighted by Crippen LogP contribution is 2.23. The third-order valence-electron chi connectivity index (χ3n) is 2.29. The Kier molecular flexibility index (Phi) is 3.74. The topological polar surface area (TPSA) is 17.1 Å². The molecule has 0 heterocycles. The molecule has 0 fully saturated rings. The smallest absolute Gasteiger partial charge is 0.197 e. The molecule has 2 aromatic rings. The van der Waals surface area contributed by atoms with Crippen LogP contribution in [0, 0.1) is 5.82 Å². The molecule has 0 aliphatic rings. The van der Waals surface area contributed by atoms with E-state index < -0.39 is 5.82 Å². The summed E-state index contributed by atoms with van der Waals surface area (Å²) >= 11 is 6.51. The van der Waals surface area contributed by atoms with E-state index in [-0.39, 0.29) is 11.3 Å². The highest BCUT2D eigenvalue weighted by atomic mass is 79.9. The second-order valence-corrected chi connectivity index (χ2v) is 5.20. The van der Waals surface area contributed by atoms with Gasteiger partial charge in [0.15, 0.2) is 5.78 Å². The Hall–Kier alpha value is -1.00. The predicted octanol–water partition coefficient (Wildman–Crippen LogP) is 4.58. The minimum absolute atomic E-state index is 0.0614. The van der Waals surface area contributed by atoms with Crippen molar-refractivity contribution in [2.45, 2.75) is 0 Å². The molecule has 0 N–H and O–H groups in total. The first-order chi connectivity index (χ1) is 8.09. The Labute approximate surface area is 115 Å². The van der Waals surface area contributed by atoms with Crippen LogP contribution in [0.4, 0.5) is 4.39 Å². The zero-order valence-corrected chi connectivity index (χ0v) is 11.8. The van der Waals surface area contributed by atoms with Crippen LogP contribution in [-0.4, -0.2) is 5.78 Å². The van der Waals surface area contributed by atoms with E-state index in [0.29, 0.717) is 14.5 Å². The fourth-order valence-corrected chi connectivity index (χ4v) is 2.29. The molecule has 0 bridgehead atoms. The van der Waals surface area contributed by atoms with Crippen LogP contribution >= 0.6 is 31.9 Å². The van der Waals surface area contributed by atoms with Gasteiger partial charge < -0.3 is 0 Å². The highest BCUT2D eigenvalue weighted by molar-refractivity contribution is 9.10. The molecule has 0 saturated heterocycles. The number of halogens is 3. The largest absolute Gasteiger partial charge is 0.288 e. The summed E-state index contributed by atoms with van der Waals surface area (Å²) in [6.07, 6.45) is 0. The molecular formula is C13H7Br2FO. The van der Waals surface area contributed by atoms with Gasteiger partial charge in [-0.05, 0) is 30.3 Å². The van der Waals surface area contributed by atoms with Gasteiger partial charge in [-0.3, -0.25) is 4.79 Å². The fourth-order valence-electron chi connectivity index (χ4n) is 1.46. The van der Waals surface area contributed by atoms with Gasteiger partial charge in [0.25, 0.3) is 0 Å². The van der Waals surface area contributed by atoms with Crippen LogP contribution in [-0.2, 0) is 0 Å². The molecule has 4 heteroatoms. The van der Waals surface area contributed by atoms with Crippen LogP contribution in [0.3, 0.4) is 0 Å². The summed E-state index contributed by atoms with van der Waals surface area (Å²) in [6.45, 7) is 0. The molecule has 2 rings (SSSR count). The zero-order chi connectivity index (χ0) is 12.4. The minimum atomic E-state index is -0.519. The van der Waals surface area contributed by atoms with Crippen molar-refractivity contribution >= 4 is 37.6 Å². The van der Waals surface area contributed by atoms with Gasteiger partial charge in [0.05, 0.1) is 5.56 Å². The van der Waals surface area contributed by atoms with E-state index in [2.05, 4.69) is 31.9 Å². The van der Waals surface area contributed by atoms with Crippen LogP contribution in [0.1, 0.15) is 15.9 Å². The second-order valence-electron chi connectivity index (χ2n) is 3.43. The van der Waals surface area contributed by atoms with E-state index in [0.717, 1.165) is 0 Å². The maximum Gasteiger partial charge on any atom is 0.197 e. The van der Waals surface area contributed by atoms with Crippen LogP contribution in [0.15, 0.2) is 51.4 Å². The van der Waals surface area contributed by atoms with Gasteiger partial charge in [-0.2, -0.15) is 0 Å². The fraction of sp³-hybridized carbons (Fsp3) is 0. The number of ketones is 1. The molecule has 1 nitrogen and oxygen atoms in total. The Bertz CT molecular complexity index is 581. The average Bonchev–Trinajstić information content (AvgIpc) is 2.32. The first-order valence-electron chi connectivity index (χ1n) is 4.84. The van der Waals surface area contributed by atoms with Crippen molar-refractivity contribution in [2.75, 3.05) is 0 Å². The maximum atomic E-state index is 13.6. The molecule has 0 saturated carbocycles. The summed E-state index contributed by atoms with van der Waals surface area (Å²) in [5.74, 6) is -0.856. The van der Waals surface area contributed by atoms with Crippen LogP contribution in [0.5, 0.6) is 0 Å². The van der Waals surface area contributed by atoms with E-state index in [9.17, 15) is 9.18 Å². The first kappa shape index (κ1) is 12.5. The van der Waals surface area contributed by atoms with Crippen molar-refractivity contribution in [3.05, 3.63) is 68.4 Å². The number of benzene rings is 2. The molecule has 0 spiro atoms. The standard InChI is InChI=1S/C13H7Br2FO/c14-8-5-6-12(16)10(7-8)13(17)9-3-1-2-4-11(9)15/h1-7H. The lowest BCUT2D eigenvalue weighted by atomic mass is 10.0. The van der Waals surface area contributed by atoms with Crippen molar-refractivity contribution in [3.63, 3.8) is 0 Å². The summed E-state index contributed by atoms with van der Waals surface area (Å²) in [5, 5.41) is 0. The summed E-state index contributed by atoms with van der Waals surface area (Å²) in [6, 6.07) is 11.3. The molecule has 0 aliphatic heterocycles. The van der Waals surface area contributed by atoms with E-state index in [1.165, 1.54) is 12.1 Å². The minimum Gasteiger partial charge on any atom is -0.288 e. The summed E-state index contributed by atoms with van der Waals surface area (Å²) in [5.41, 5.74) is 0.510.